The van der Waals surface area contributed by atoms with Crippen LogP contribution in [0.2, 0.25) is 0 Å². The van der Waals surface area contributed by atoms with Crippen LogP contribution in [0.3, 0.4) is 0 Å². The fraction of sp³-hybridized carbons (Fsp3) is 0.520. The van der Waals surface area contributed by atoms with Gasteiger partial charge in [-0.15, -0.1) is 0 Å². The molecule has 4 nitrogen and oxygen atoms in total. The standard InChI is InChI=1S/C25H34N2O2/c28-19-22(16-20-12-9-7-10-13-20)27-25(29)23-17-21-14-8-5-3-1-2-4-6-11-15-24(23)26-18-21/h7,9-10,12-13,17-18,22,28H,1-6,8,11,14-16,19H2,(H,27,29)/t22-/m0/s1. The molecule has 2 aromatic rings. The zero-order chi connectivity index (χ0) is 20.3. The number of nitrogens with one attached hydrogen (secondary N) is 1. The van der Waals surface area contributed by atoms with E-state index in [4.69, 9.17) is 0 Å². The number of nitrogens with zero attached hydrogens (tertiary/aromatic N) is 1. The average molecular weight is 395 g/mol. The predicted molar refractivity (Wildman–Crippen MR) is 117 cm³/mol. The monoisotopic (exact) mass is 394 g/mol. The number of hydrogen-bond donors (Lipinski definition) is 2. The maximum atomic E-state index is 13.1. The normalized spacial score (nSPS) is 16.7. The number of pyridine rings is 1. The molecule has 0 unspecified atom stereocenters. The van der Waals surface area contributed by atoms with Gasteiger partial charge in [-0.1, -0.05) is 68.9 Å². The lowest BCUT2D eigenvalue weighted by molar-refractivity contribution is 0.0915. The summed E-state index contributed by atoms with van der Waals surface area (Å²) in [6, 6.07) is 11.7. The van der Waals surface area contributed by atoms with Gasteiger partial charge in [0.2, 0.25) is 0 Å². The number of aliphatic hydroxyl groups excluding tert-OH is 1. The molecular formula is C25H34N2O2. The average Bonchev–Trinajstić information content (AvgIpc) is 2.75. The van der Waals surface area contributed by atoms with Gasteiger partial charge >= 0.3 is 0 Å². The SMILES string of the molecule is O=C(N[C@H](CO)Cc1ccccc1)c1cc2cnc1CCCCCCCCCC2. The van der Waals surface area contributed by atoms with Crippen molar-refractivity contribution in [2.75, 3.05) is 6.61 Å². The van der Waals surface area contributed by atoms with Crippen LogP contribution in [0.25, 0.3) is 0 Å². The molecule has 156 valence electrons. The molecule has 1 aromatic carbocycles. The Hall–Kier alpha value is -2.20. The first-order valence-electron chi connectivity index (χ1n) is 11.2. The topological polar surface area (TPSA) is 62.2 Å². The Morgan fingerprint density at radius 2 is 1.62 bits per heavy atom. The molecule has 1 aromatic heterocycles. The largest absolute Gasteiger partial charge is 0.394 e. The minimum atomic E-state index is -0.299. The fourth-order valence-electron chi connectivity index (χ4n) is 4.07. The Morgan fingerprint density at radius 3 is 2.31 bits per heavy atom. The van der Waals surface area contributed by atoms with Crippen LogP contribution < -0.4 is 5.32 Å². The minimum absolute atomic E-state index is 0.0803. The van der Waals surface area contributed by atoms with Gasteiger partial charge in [0.1, 0.15) is 0 Å². The van der Waals surface area contributed by atoms with E-state index < -0.39 is 0 Å². The van der Waals surface area contributed by atoms with Gasteiger partial charge in [-0.25, -0.2) is 0 Å². The molecule has 29 heavy (non-hydrogen) atoms. The van der Waals surface area contributed by atoms with Gasteiger partial charge in [0.05, 0.1) is 23.9 Å². The quantitative estimate of drug-likeness (QED) is 0.777. The molecule has 1 aliphatic heterocycles. The van der Waals surface area contributed by atoms with Crippen LogP contribution in [0.15, 0.2) is 42.6 Å². The molecule has 2 N–H and O–H groups in total. The minimum Gasteiger partial charge on any atom is -0.394 e. The lowest BCUT2D eigenvalue weighted by Gasteiger charge is -2.18. The summed E-state index contributed by atoms with van der Waals surface area (Å²) in [5, 5.41) is 12.8. The van der Waals surface area contributed by atoms with Crippen LogP contribution in [0.1, 0.15) is 78.5 Å². The molecule has 0 spiro atoms. The number of carbonyl (C=O) groups is 1. The van der Waals surface area contributed by atoms with Gasteiger partial charge in [-0.05, 0) is 49.3 Å². The lowest BCUT2D eigenvalue weighted by Crippen LogP contribution is -2.39. The van der Waals surface area contributed by atoms with Crippen LogP contribution in [0, 0.1) is 0 Å². The summed E-state index contributed by atoms with van der Waals surface area (Å²) in [5.41, 5.74) is 3.82. The highest BCUT2D eigenvalue weighted by Crippen LogP contribution is 2.18. The molecule has 0 fully saturated rings. The van der Waals surface area contributed by atoms with Crippen molar-refractivity contribution >= 4 is 5.91 Å². The molecule has 4 rings (SSSR count). The van der Waals surface area contributed by atoms with Gasteiger partial charge in [0, 0.05) is 6.20 Å². The maximum Gasteiger partial charge on any atom is 0.253 e. The zero-order valence-corrected chi connectivity index (χ0v) is 17.4. The van der Waals surface area contributed by atoms with E-state index in [1.165, 1.54) is 38.5 Å². The lowest BCUT2D eigenvalue weighted by atomic mass is 9.98. The third-order valence-electron chi connectivity index (χ3n) is 5.78. The number of rotatable bonds is 5. The Bertz CT molecular complexity index is 761. The Morgan fingerprint density at radius 1 is 0.966 bits per heavy atom. The van der Waals surface area contributed by atoms with Crippen molar-refractivity contribution in [1.29, 1.82) is 0 Å². The molecule has 0 saturated carbocycles. The summed E-state index contributed by atoms with van der Waals surface area (Å²) < 4.78 is 0. The number of aryl methyl sites for hydroxylation is 2. The zero-order valence-electron chi connectivity index (χ0n) is 17.4. The number of aliphatic hydroxyl groups is 1. The Labute approximate surface area is 174 Å². The first kappa shape index (κ1) is 21.5. The molecule has 1 amide bonds. The second kappa shape index (κ2) is 11.7. The van der Waals surface area contributed by atoms with Gasteiger partial charge in [-0.3, -0.25) is 9.78 Å². The van der Waals surface area contributed by atoms with Crippen LogP contribution in [-0.4, -0.2) is 28.6 Å². The summed E-state index contributed by atoms with van der Waals surface area (Å²) in [5.74, 6) is -0.114. The van der Waals surface area contributed by atoms with Gasteiger partial charge < -0.3 is 10.4 Å². The molecule has 4 heteroatoms. The number of fused-ring (bicyclic) bond motifs is 11. The first-order valence-corrected chi connectivity index (χ1v) is 11.2. The molecule has 0 radical (unpaired) electrons. The van der Waals surface area contributed by atoms with E-state index in [0.717, 1.165) is 42.5 Å². The van der Waals surface area contributed by atoms with E-state index in [1.54, 1.807) is 0 Å². The summed E-state index contributed by atoms with van der Waals surface area (Å²) >= 11 is 0. The molecule has 2 aliphatic rings. The second-order valence-corrected chi connectivity index (χ2v) is 8.21. The van der Waals surface area contributed by atoms with Crippen molar-refractivity contribution in [3.8, 4) is 0 Å². The van der Waals surface area contributed by atoms with Crippen LogP contribution in [0.4, 0.5) is 0 Å². The number of hydrogen-bond acceptors (Lipinski definition) is 3. The van der Waals surface area contributed by atoms with E-state index in [2.05, 4.69) is 10.3 Å². The van der Waals surface area contributed by atoms with Crippen LogP contribution in [-0.2, 0) is 19.3 Å². The van der Waals surface area contributed by atoms with E-state index in [-0.39, 0.29) is 18.6 Å². The third-order valence-corrected chi connectivity index (χ3v) is 5.78. The highest BCUT2D eigenvalue weighted by atomic mass is 16.3. The third kappa shape index (κ3) is 6.97. The van der Waals surface area contributed by atoms with Gasteiger partial charge in [-0.2, -0.15) is 0 Å². The molecule has 0 saturated heterocycles. The number of carbonyl (C=O) groups excluding carboxylic acids is 1. The van der Waals surface area contributed by atoms with Crippen LogP contribution in [0.5, 0.6) is 0 Å². The molecule has 1 atom stereocenters. The predicted octanol–water partition coefficient (Wildman–Crippen LogP) is 4.63. The maximum absolute atomic E-state index is 13.1. The second-order valence-electron chi connectivity index (χ2n) is 8.21. The van der Waals surface area contributed by atoms with Crippen LogP contribution >= 0.6 is 0 Å². The molecule has 2 heterocycles. The number of aromatic nitrogens is 1. The van der Waals surface area contributed by atoms with E-state index >= 15 is 0 Å². The van der Waals surface area contributed by atoms with Gasteiger partial charge in [0.25, 0.3) is 5.91 Å². The highest BCUT2D eigenvalue weighted by molar-refractivity contribution is 5.95. The summed E-state index contributed by atoms with van der Waals surface area (Å²) in [6.07, 6.45) is 14.3. The summed E-state index contributed by atoms with van der Waals surface area (Å²) in [4.78, 5) is 17.8. The van der Waals surface area contributed by atoms with E-state index in [1.807, 2.05) is 42.6 Å². The van der Waals surface area contributed by atoms with Crippen molar-refractivity contribution in [2.45, 2.75) is 76.7 Å². The molecular weight excluding hydrogens is 360 g/mol. The first-order chi connectivity index (χ1) is 14.3. The Kier molecular flexibility index (Phi) is 8.69. The van der Waals surface area contributed by atoms with E-state index in [9.17, 15) is 9.90 Å². The van der Waals surface area contributed by atoms with Crippen molar-refractivity contribution < 1.29 is 9.90 Å². The van der Waals surface area contributed by atoms with Crippen molar-refractivity contribution in [2.24, 2.45) is 0 Å². The van der Waals surface area contributed by atoms with Crippen molar-refractivity contribution in [3.05, 3.63) is 65.0 Å². The van der Waals surface area contributed by atoms with Crippen molar-refractivity contribution in [3.63, 3.8) is 0 Å². The van der Waals surface area contributed by atoms with Gasteiger partial charge in [0.15, 0.2) is 0 Å². The van der Waals surface area contributed by atoms with E-state index in [0.29, 0.717) is 12.0 Å². The molecule has 1 aliphatic carbocycles. The number of benzene rings is 1. The Balaban J connectivity index is 1.73. The van der Waals surface area contributed by atoms with Crippen molar-refractivity contribution in [1.82, 2.24) is 10.3 Å². The highest BCUT2D eigenvalue weighted by Gasteiger charge is 2.18. The summed E-state index contributed by atoms with van der Waals surface area (Å²) in [7, 11) is 0. The fourth-order valence-corrected chi connectivity index (χ4v) is 4.07. The number of amides is 1. The molecule has 2 bridgehead atoms. The smallest absolute Gasteiger partial charge is 0.253 e. The summed E-state index contributed by atoms with van der Waals surface area (Å²) in [6.45, 7) is -0.0803.